The van der Waals surface area contributed by atoms with Gasteiger partial charge >= 0.3 is 0 Å². The first kappa shape index (κ1) is 22.8. The van der Waals surface area contributed by atoms with E-state index in [4.69, 9.17) is 5.84 Å². The molecular weight excluding hydrogens is 468 g/mol. The fraction of sp³-hybridized carbons (Fsp3) is 0.350. The van der Waals surface area contributed by atoms with E-state index < -0.39 is 15.3 Å². The molecule has 1 aliphatic rings. The van der Waals surface area contributed by atoms with Crippen molar-refractivity contribution < 1.29 is 13.2 Å². The Morgan fingerprint density at radius 1 is 1.16 bits per heavy atom. The Kier molecular flexibility index (Phi) is 6.84. The fourth-order valence-corrected chi connectivity index (χ4v) is 6.34. The third-order valence-electron chi connectivity index (χ3n) is 5.13. The van der Waals surface area contributed by atoms with E-state index in [1.165, 1.54) is 44.2 Å². The SMILES string of the molecule is CC(Sc1nnc(-c2cccs2)n1N)C(=O)Nc1ccc(S(=O)(=O)N2CCCCC2)cc1. The summed E-state index contributed by atoms with van der Waals surface area (Å²) in [5.74, 6) is 6.39. The number of sulfonamides is 1. The highest BCUT2D eigenvalue weighted by molar-refractivity contribution is 8.00. The maximum Gasteiger partial charge on any atom is 0.243 e. The van der Waals surface area contributed by atoms with Crippen molar-refractivity contribution in [2.24, 2.45) is 0 Å². The Morgan fingerprint density at radius 2 is 1.88 bits per heavy atom. The minimum Gasteiger partial charge on any atom is -0.335 e. The third-order valence-corrected chi connectivity index (χ3v) is 8.97. The number of amides is 1. The predicted octanol–water partition coefficient (Wildman–Crippen LogP) is 3.01. The smallest absolute Gasteiger partial charge is 0.243 e. The average molecular weight is 493 g/mol. The first-order valence-corrected chi connectivity index (χ1v) is 13.4. The first-order chi connectivity index (χ1) is 15.4. The van der Waals surface area contributed by atoms with E-state index in [-0.39, 0.29) is 10.8 Å². The molecular formula is C20H24N6O3S3. The number of anilines is 1. The quantitative estimate of drug-likeness (QED) is 0.384. The van der Waals surface area contributed by atoms with Crippen molar-refractivity contribution in [2.75, 3.05) is 24.2 Å². The number of nitrogens with zero attached hydrogens (tertiary/aromatic N) is 4. The zero-order valence-electron chi connectivity index (χ0n) is 17.5. The number of hydrogen-bond donors (Lipinski definition) is 2. The van der Waals surface area contributed by atoms with Gasteiger partial charge in [-0.25, -0.2) is 13.1 Å². The molecule has 1 amide bonds. The highest BCUT2D eigenvalue weighted by Crippen LogP contribution is 2.28. The Morgan fingerprint density at radius 3 is 2.53 bits per heavy atom. The second-order valence-corrected chi connectivity index (χ2v) is 11.6. The molecule has 2 aromatic heterocycles. The number of hydrogen-bond acceptors (Lipinski definition) is 8. The molecule has 1 saturated heterocycles. The molecule has 1 aliphatic heterocycles. The number of benzene rings is 1. The molecule has 0 radical (unpaired) electrons. The van der Waals surface area contributed by atoms with Crippen LogP contribution >= 0.6 is 23.1 Å². The molecule has 0 aliphatic carbocycles. The summed E-state index contributed by atoms with van der Waals surface area (Å²) < 4.78 is 28.4. The van der Waals surface area contributed by atoms with Crippen LogP contribution < -0.4 is 11.2 Å². The summed E-state index contributed by atoms with van der Waals surface area (Å²) in [4.78, 5) is 13.8. The largest absolute Gasteiger partial charge is 0.335 e. The van der Waals surface area contributed by atoms with Crippen LogP contribution in [0, 0.1) is 0 Å². The summed E-state index contributed by atoms with van der Waals surface area (Å²) >= 11 is 2.70. The molecule has 1 unspecified atom stereocenters. The van der Waals surface area contributed by atoms with Crippen LogP contribution in [0.4, 0.5) is 5.69 Å². The number of thioether (sulfide) groups is 1. The summed E-state index contributed by atoms with van der Waals surface area (Å²) in [6, 6.07) is 10.1. The van der Waals surface area contributed by atoms with Crippen molar-refractivity contribution in [3.8, 4) is 10.7 Å². The van der Waals surface area contributed by atoms with Crippen molar-refractivity contribution in [2.45, 2.75) is 41.5 Å². The lowest BCUT2D eigenvalue weighted by Gasteiger charge is -2.25. The summed E-state index contributed by atoms with van der Waals surface area (Å²) in [6.45, 7) is 2.85. The summed E-state index contributed by atoms with van der Waals surface area (Å²) in [7, 11) is -3.50. The first-order valence-electron chi connectivity index (χ1n) is 10.2. The number of rotatable bonds is 7. The van der Waals surface area contributed by atoms with E-state index in [2.05, 4.69) is 15.5 Å². The van der Waals surface area contributed by atoms with Gasteiger partial charge in [0.1, 0.15) is 0 Å². The van der Waals surface area contributed by atoms with Gasteiger partial charge in [-0.1, -0.05) is 24.2 Å². The molecule has 170 valence electrons. The standard InChI is InChI=1S/C20H24N6O3S3/c1-14(31-20-24-23-18(26(20)21)17-6-5-13-30-17)19(27)22-15-7-9-16(10-8-15)32(28,29)25-11-3-2-4-12-25/h5-10,13-14H,2-4,11-12,21H2,1H3,(H,22,27). The molecule has 9 nitrogen and oxygen atoms in total. The number of carbonyl (C=O) groups is 1. The van der Waals surface area contributed by atoms with Gasteiger partial charge in [-0.05, 0) is 55.5 Å². The minimum atomic E-state index is -3.50. The molecule has 3 heterocycles. The van der Waals surface area contributed by atoms with Gasteiger partial charge in [-0.2, -0.15) is 4.31 Å². The molecule has 3 N–H and O–H groups in total. The van der Waals surface area contributed by atoms with E-state index in [1.807, 2.05) is 17.5 Å². The van der Waals surface area contributed by atoms with Gasteiger partial charge in [-0.3, -0.25) is 4.79 Å². The lowest BCUT2D eigenvalue weighted by Crippen LogP contribution is -2.35. The highest BCUT2D eigenvalue weighted by Gasteiger charge is 2.26. The normalized spacial score (nSPS) is 16.0. The van der Waals surface area contributed by atoms with Crippen LogP contribution in [0.1, 0.15) is 26.2 Å². The zero-order chi connectivity index (χ0) is 22.7. The van der Waals surface area contributed by atoms with Crippen LogP contribution in [-0.2, 0) is 14.8 Å². The van der Waals surface area contributed by atoms with Crippen molar-refractivity contribution in [1.29, 1.82) is 0 Å². The second kappa shape index (κ2) is 9.61. The minimum absolute atomic E-state index is 0.233. The van der Waals surface area contributed by atoms with Gasteiger partial charge in [0.25, 0.3) is 0 Å². The topological polar surface area (TPSA) is 123 Å². The van der Waals surface area contributed by atoms with Crippen LogP contribution in [0.5, 0.6) is 0 Å². The average Bonchev–Trinajstić information content (AvgIpc) is 3.45. The van der Waals surface area contributed by atoms with E-state index >= 15 is 0 Å². The van der Waals surface area contributed by atoms with Gasteiger partial charge in [0.15, 0.2) is 5.82 Å². The van der Waals surface area contributed by atoms with E-state index in [9.17, 15) is 13.2 Å². The summed E-state index contributed by atoms with van der Waals surface area (Å²) in [5.41, 5.74) is 0.522. The number of thiophene rings is 1. The fourth-order valence-electron chi connectivity index (χ4n) is 3.35. The molecule has 4 rings (SSSR count). The molecule has 1 atom stereocenters. The molecule has 0 bridgehead atoms. The molecule has 32 heavy (non-hydrogen) atoms. The number of nitrogens with two attached hydrogens (primary N) is 1. The van der Waals surface area contributed by atoms with Gasteiger partial charge in [0, 0.05) is 18.8 Å². The van der Waals surface area contributed by atoms with Gasteiger partial charge < -0.3 is 11.2 Å². The zero-order valence-corrected chi connectivity index (χ0v) is 19.9. The number of nitrogens with one attached hydrogen (secondary N) is 1. The molecule has 1 aromatic carbocycles. The van der Waals surface area contributed by atoms with Gasteiger partial charge in [-0.15, -0.1) is 21.5 Å². The Bertz CT molecular complexity index is 1170. The third kappa shape index (κ3) is 4.82. The number of piperidine rings is 1. The molecule has 0 spiro atoms. The van der Waals surface area contributed by atoms with E-state index in [0.717, 1.165) is 24.1 Å². The van der Waals surface area contributed by atoms with Crippen molar-refractivity contribution in [1.82, 2.24) is 19.2 Å². The molecule has 3 aromatic rings. The van der Waals surface area contributed by atoms with Crippen LogP contribution in [0.15, 0.2) is 51.8 Å². The van der Waals surface area contributed by atoms with Crippen molar-refractivity contribution >= 4 is 44.7 Å². The van der Waals surface area contributed by atoms with Crippen LogP contribution in [0.25, 0.3) is 10.7 Å². The van der Waals surface area contributed by atoms with Crippen LogP contribution in [0.3, 0.4) is 0 Å². The Hall–Kier alpha value is -2.41. The van der Waals surface area contributed by atoms with E-state index in [1.54, 1.807) is 19.1 Å². The number of carbonyl (C=O) groups excluding carboxylic acids is 1. The highest BCUT2D eigenvalue weighted by atomic mass is 32.2. The molecule has 0 saturated carbocycles. The number of aromatic nitrogens is 3. The van der Waals surface area contributed by atoms with Crippen LogP contribution in [0.2, 0.25) is 0 Å². The van der Waals surface area contributed by atoms with Crippen molar-refractivity contribution in [3.63, 3.8) is 0 Å². The molecule has 12 heteroatoms. The summed E-state index contributed by atoms with van der Waals surface area (Å²) in [5, 5.41) is 12.9. The predicted molar refractivity (Wildman–Crippen MR) is 126 cm³/mol. The summed E-state index contributed by atoms with van der Waals surface area (Å²) in [6.07, 6.45) is 2.83. The maximum absolute atomic E-state index is 12.8. The van der Waals surface area contributed by atoms with Gasteiger partial charge in [0.2, 0.25) is 21.1 Å². The Balaban J connectivity index is 1.38. The maximum atomic E-state index is 12.8. The van der Waals surface area contributed by atoms with Gasteiger partial charge in [0.05, 0.1) is 15.0 Å². The second-order valence-electron chi connectivity index (χ2n) is 7.39. The monoisotopic (exact) mass is 492 g/mol. The van der Waals surface area contributed by atoms with Crippen LogP contribution in [-0.4, -0.2) is 51.8 Å². The molecule has 1 fully saturated rings. The van der Waals surface area contributed by atoms with Crippen molar-refractivity contribution in [3.05, 3.63) is 41.8 Å². The number of nitrogen functional groups attached to an aromatic ring is 1. The lowest BCUT2D eigenvalue weighted by molar-refractivity contribution is -0.115. The Labute approximate surface area is 195 Å². The lowest BCUT2D eigenvalue weighted by atomic mass is 10.2. The van der Waals surface area contributed by atoms with E-state index in [0.29, 0.717) is 29.8 Å².